The zero-order valence-electron chi connectivity index (χ0n) is 11.5. The Hall–Kier alpha value is -2.33. The van der Waals surface area contributed by atoms with Crippen LogP contribution in [-0.2, 0) is 11.3 Å². The largest absolute Gasteiger partial charge is 0.495 e. The summed E-state index contributed by atoms with van der Waals surface area (Å²) in [4.78, 5) is 12.1. The predicted molar refractivity (Wildman–Crippen MR) is 70.5 cm³/mol. The van der Waals surface area contributed by atoms with Crippen LogP contribution in [0.15, 0.2) is 12.1 Å². The molecule has 6 nitrogen and oxygen atoms in total. The van der Waals surface area contributed by atoms with Crippen molar-refractivity contribution in [3.8, 4) is 11.8 Å². The molecule has 1 amide bonds. The van der Waals surface area contributed by atoms with Crippen molar-refractivity contribution in [3.05, 3.63) is 29.1 Å². The van der Waals surface area contributed by atoms with E-state index in [1.807, 2.05) is 0 Å². The van der Waals surface area contributed by atoms with Gasteiger partial charge in [0.1, 0.15) is 23.2 Å². The zero-order chi connectivity index (χ0) is 15.4. The van der Waals surface area contributed by atoms with E-state index in [9.17, 15) is 9.18 Å². The van der Waals surface area contributed by atoms with Gasteiger partial charge in [-0.3, -0.25) is 0 Å². The summed E-state index contributed by atoms with van der Waals surface area (Å²) in [5, 5.41) is 17.7. The van der Waals surface area contributed by atoms with Gasteiger partial charge in [0.2, 0.25) is 0 Å². The van der Waals surface area contributed by atoms with Gasteiger partial charge in [-0.1, -0.05) is 0 Å². The normalized spacial score (nSPS) is 17.6. The number of carboxylic acid groups (broad SMARTS) is 1. The molecule has 1 aromatic rings. The molecule has 2 rings (SSSR count). The number of nitriles is 1. The third-order valence-electron chi connectivity index (χ3n) is 3.35. The summed E-state index contributed by atoms with van der Waals surface area (Å²) in [6.45, 7) is 0.882. The van der Waals surface area contributed by atoms with E-state index in [2.05, 4.69) is 0 Å². The molecule has 0 radical (unpaired) electrons. The number of ether oxygens (including phenoxy) is 2. The Kier molecular flexibility index (Phi) is 4.60. The fourth-order valence-electron chi connectivity index (χ4n) is 2.24. The fourth-order valence-corrected chi connectivity index (χ4v) is 2.24. The van der Waals surface area contributed by atoms with Crippen LogP contribution < -0.4 is 4.74 Å². The van der Waals surface area contributed by atoms with Crippen molar-refractivity contribution < 1.29 is 23.8 Å². The van der Waals surface area contributed by atoms with Crippen LogP contribution >= 0.6 is 0 Å². The molecular weight excluding hydrogens is 279 g/mol. The minimum Gasteiger partial charge on any atom is -0.495 e. The summed E-state index contributed by atoms with van der Waals surface area (Å²) < 4.78 is 24.3. The Labute approximate surface area is 121 Å². The molecule has 1 N–H and O–H groups in total. The number of hydrogen-bond donors (Lipinski definition) is 1. The predicted octanol–water partition coefficient (Wildman–Crippen LogP) is 1.97. The van der Waals surface area contributed by atoms with Crippen molar-refractivity contribution in [3.63, 3.8) is 0 Å². The number of methoxy groups -OCH3 is 1. The molecule has 0 bridgehead atoms. The minimum absolute atomic E-state index is 0.136. The lowest BCUT2D eigenvalue weighted by molar-refractivity contribution is 0.0464. The molecule has 0 aliphatic carbocycles. The van der Waals surface area contributed by atoms with Gasteiger partial charge in [0.15, 0.2) is 0 Å². The van der Waals surface area contributed by atoms with Crippen molar-refractivity contribution in [2.75, 3.05) is 20.2 Å². The molecule has 1 atom stereocenters. The van der Waals surface area contributed by atoms with E-state index in [0.717, 1.165) is 0 Å². The van der Waals surface area contributed by atoms with Crippen LogP contribution in [0.2, 0.25) is 0 Å². The molecule has 112 valence electrons. The Morgan fingerprint density at radius 2 is 2.38 bits per heavy atom. The number of hydrogen-bond acceptors (Lipinski definition) is 4. The quantitative estimate of drug-likeness (QED) is 0.918. The van der Waals surface area contributed by atoms with E-state index in [4.69, 9.17) is 19.8 Å². The van der Waals surface area contributed by atoms with Crippen molar-refractivity contribution in [1.29, 1.82) is 5.26 Å². The lowest BCUT2D eigenvalue weighted by Crippen LogP contribution is -2.28. The van der Waals surface area contributed by atoms with E-state index in [1.165, 1.54) is 18.1 Å². The molecule has 1 aliphatic rings. The fraction of sp³-hybridized carbons (Fsp3) is 0.429. The molecule has 21 heavy (non-hydrogen) atoms. The van der Waals surface area contributed by atoms with Crippen LogP contribution in [0.3, 0.4) is 0 Å². The third-order valence-corrected chi connectivity index (χ3v) is 3.35. The van der Waals surface area contributed by atoms with Crippen LogP contribution in [0.4, 0.5) is 9.18 Å². The average molecular weight is 294 g/mol. The summed E-state index contributed by atoms with van der Waals surface area (Å²) >= 11 is 0. The van der Waals surface area contributed by atoms with Crippen LogP contribution in [0.25, 0.3) is 0 Å². The Morgan fingerprint density at radius 3 is 2.95 bits per heavy atom. The standard InChI is InChI=1S/C14H15FN2O4/c1-20-13-5-9(4-12(15)11(13)6-16)8-21-10-2-3-17(7-10)14(18)19/h4-5,10H,2-3,7-8H2,1H3,(H,18,19)/t10-/m0/s1. The van der Waals surface area contributed by atoms with Gasteiger partial charge < -0.3 is 19.5 Å². The highest BCUT2D eigenvalue weighted by Gasteiger charge is 2.26. The average Bonchev–Trinajstić information content (AvgIpc) is 2.93. The maximum absolute atomic E-state index is 13.7. The monoisotopic (exact) mass is 294 g/mol. The second-order valence-electron chi connectivity index (χ2n) is 4.72. The van der Waals surface area contributed by atoms with E-state index in [1.54, 1.807) is 12.1 Å². The molecule has 1 saturated heterocycles. The van der Waals surface area contributed by atoms with Crippen LogP contribution in [0, 0.1) is 17.1 Å². The first-order chi connectivity index (χ1) is 10.0. The first-order valence-electron chi connectivity index (χ1n) is 6.41. The van der Waals surface area contributed by atoms with Gasteiger partial charge in [-0.05, 0) is 24.1 Å². The van der Waals surface area contributed by atoms with Gasteiger partial charge in [0.25, 0.3) is 0 Å². The molecule has 1 fully saturated rings. The van der Waals surface area contributed by atoms with Gasteiger partial charge in [-0.15, -0.1) is 0 Å². The summed E-state index contributed by atoms with van der Waals surface area (Å²) in [5.41, 5.74) is 0.399. The van der Waals surface area contributed by atoms with E-state index >= 15 is 0 Å². The number of amides is 1. The first-order valence-corrected chi connectivity index (χ1v) is 6.41. The van der Waals surface area contributed by atoms with E-state index in [0.29, 0.717) is 25.1 Å². The molecule has 1 heterocycles. The van der Waals surface area contributed by atoms with Crippen molar-refractivity contribution in [2.45, 2.75) is 19.1 Å². The lowest BCUT2D eigenvalue weighted by atomic mass is 10.1. The molecule has 1 aromatic carbocycles. The van der Waals surface area contributed by atoms with E-state index < -0.39 is 11.9 Å². The number of likely N-dealkylation sites (tertiary alicyclic amines) is 1. The summed E-state index contributed by atoms with van der Waals surface area (Å²) in [5.74, 6) is -0.497. The summed E-state index contributed by atoms with van der Waals surface area (Å²) in [6, 6.07) is 4.52. The number of halogens is 1. The second kappa shape index (κ2) is 6.41. The SMILES string of the molecule is COc1cc(CO[C@H]2CCN(C(=O)O)C2)cc(F)c1C#N. The summed E-state index contributed by atoms with van der Waals surface area (Å²) in [7, 11) is 1.36. The van der Waals surface area contributed by atoms with Gasteiger partial charge in [0.05, 0.1) is 26.4 Å². The number of nitrogens with zero attached hydrogens (tertiary/aromatic N) is 2. The highest BCUT2D eigenvalue weighted by Crippen LogP contribution is 2.24. The third kappa shape index (κ3) is 3.41. The highest BCUT2D eigenvalue weighted by atomic mass is 19.1. The minimum atomic E-state index is -0.966. The van der Waals surface area contributed by atoms with Crippen molar-refractivity contribution in [1.82, 2.24) is 4.90 Å². The Bertz CT molecular complexity index is 585. The van der Waals surface area contributed by atoms with Gasteiger partial charge in [-0.25, -0.2) is 9.18 Å². The highest BCUT2D eigenvalue weighted by molar-refractivity contribution is 5.65. The maximum Gasteiger partial charge on any atom is 0.407 e. The number of benzene rings is 1. The smallest absolute Gasteiger partial charge is 0.407 e. The lowest BCUT2D eigenvalue weighted by Gasteiger charge is -2.14. The molecule has 0 spiro atoms. The number of carbonyl (C=O) groups is 1. The zero-order valence-corrected chi connectivity index (χ0v) is 11.5. The van der Waals surface area contributed by atoms with E-state index in [-0.39, 0.29) is 24.0 Å². The van der Waals surface area contributed by atoms with Gasteiger partial charge in [-0.2, -0.15) is 5.26 Å². The summed E-state index contributed by atoms with van der Waals surface area (Å²) in [6.07, 6.45) is -0.555. The maximum atomic E-state index is 13.7. The Morgan fingerprint density at radius 1 is 1.62 bits per heavy atom. The molecule has 0 aromatic heterocycles. The van der Waals surface area contributed by atoms with Gasteiger partial charge in [0, 0.05) is 6.54 Å². The molecule has 7 heteroatoms. The van der Waals surface area contributed by atoms with Crippen LogP contribution in [-0.4, -0.2) is 42.4 Å². The second-order valence-corrected chi connectivity index (χ2v) is 4.72. The number of rotatable bonds is 4. The molecule has 0 unspecified atom stereocenters. The van der Waals surface area contributed by atoms with Crippen LogP contribution in [0.5, 0.6) is 5.75 Å². The topological polar surface area (TPSA) is 82.8 Å². The first kappa shape index (κ1) is 15.1. The van der Waals surface area contributed by atoms with Crippen molar-refractivity contribution in [2.24, 2.45) is 0 Å². The Balaban J connectivity index is 2.00. The van der Waals surface area contributed by atoms with Crippen LogP contribution in [0.1, 0.15) is 17.5 Å². The molecule has 0 saturated carbocycles. The molecular formula is C14H15FN2O4. The van der Waals surface area contributed by atoms with Gasteiger partial charge >= 0.3 is 6.09 Å². The van der Waals surface area contributed by atoms with Crippen molar-refractivity contribution >= 4 is 6.09 Å². The molecule has 1 aliphatic heterocycles.